The minimum atomic E-state index is 0.0260. The van der Waals surface area contributed by atoms with Crippen LogP contribution in [0, 0.1) is 5.92 Å². The van der Waals surface area contributed by atoms with Crippen LogP contribution in [-0.2, 0) is 6.61 Å². The summed E-state index contributed by atoms with van der Waals surface area (Å²) in [6.45, 7) is 4.84. The lowest BCUT2D eigenvalue weighted by atomic mass is 9.96. The Hall–Kier alpha value is -2.26. The zero-order valence-electron chi connectivity index (χ0n) is 13.0. The highest BCUT2D eigenvalue weighted by atomic mass is 16.5. The Balaban J connectivity index is 1.88. The van der Waals surface area contributed by atoms with Crippen molar-refractivity contribution in [1.82, 2.24) is 4.98 Å². The van der Waals surface area contributed by atoms with Gasteiger partial charge in [0.05, 0.1) is 5.52 Å². The van der Waals surface area contributed by atoms with Gasteiger partial charge in [-0.25, -0.2) is 0 Å². The van der Waals surface area contributed by atoms with Crippen LogP contribution in [0.3, 0.4) is 0 Å². The standard InChI is InChI=1S/C19H22N2O/c1-13(2)18(20)16-11-21-19-15(16)9-6-10-17(19)22-12-14-7-4-3-5-8-14/h3-11,13,18,21H,12,20H2,1-2H3. The van der Waals surface area contributed by atoms with Crippen molar-refractivity contribution in [2.24, 2.45) is 11.7 Å². The minimum Gasteiger partial charge on any atom is -0.487 e. The average molecular weight is 294 g/mol. The molecule has 0 bridgehead atoms. The summed E-state index contributed by atoms with van der Waals surface area (Å²) in [6, 6.07) is 16.3. The Morgan fingerprint density at radius 1 is 1.05 bits per heavy atom. The summed E-state index contributed by atoms with van der Waals surface area (Å²) in [5, 5.41) is 1.15. The number of aromatic nitrogens is 1. The molecule has 3 rings (SSSR count). The Morgan fingerprint density at radius 3 is 2.55 bits per heavy atom. The smallest absolute Gasteiger partial charge is 0.143 e. The highest BCUT2D eigenvalue weighted by Gasteiger charge is 2.16. The first-order valence-electron chi connectivity index (χ1n) is 7.69. The maximum atomic E-state index is 6.30. The van der Waals surface area contributed by atoms with Crippen LogP contribution >= 0.6 is 0 Å². The normalized spacial score (nSPS) is 12.7. The molecule has 1 unspecified atom stereocenters. The second-order valence-corrected chi connectivity index (χ2v) is 5.97. The number of para-hydroxylation sites is 1. The van der Waals surface area contributed by atoms with Crippen LogP contribution in [0.15, 0.2) is 54.7 Å². The number of fused-ring (bicyclic) bond motifs is 1. The van der Waals surface area contributed by atoms with Crippen LogP contribution in [0.25, 0.3) is 10.9 Å². The second-order valence-electron chi connectivity index (χ2n) is 5.97. The number of aromatic amines is 1. The first-order valence-corrected chi connectivity index (χ1v) is 7.69. The molecule has 0 aliphatic rings. The van der Waals surface area contributed by atoms with Gasteiger partial charge in [-0.3, -0.25) is 0 Å². The fourth-order valence-corrected chi connectivity index (χ4v) is 2.64. The fraction of sp³-hybridized carbons (Fsp3) is 0.263. The van der Waals surface area contributed by atoms with E-state index in [0.29, 0.717) is 12.5 Å². The van der Waals surface area contributed by atoms with Gasteiger partial charge in [-0.05, 0) is 23.1 Å². The maximum absolute atomic E-state index is 6.30. The molecule has 1 heterocycles. The van der Waals surface area contributed by atoms with E-state index in [1.165, 1.54) is 0 Å². The van der Waals surface area contributed by atoms with E-state index in [4.69, 9.17) is 10.5 Å². The summed E-state index contributed by atoms with van der Waals surface area (Å²) in [6.07, 6.45) is 2.00. The van der Waals surface area contributed by atoms with Crippen LogP contribution in [0.1, 0.15) is 31.0 Å². The van der Waals surface area contributed by atoms with Crippen LogP contribution < -0.4 is 10.5 Å². The molecule has 3 heteroatoms. The van der Waals surface area contributed by atoms with Gasteiger partial charge < -0.3 is 15.5 Å². The van der Waals surface area contributed by atoms with E-state index in [0.717, 1.165) is 27.8 Å². The van der Waals surface area contributed by atoms with Gasteiger partial charge in [0.1, 0.15) is 12.4 Å². The third-order valence-corrected chi connectivity index (χ3v) is 4.02. The number of hydrogen-bond acceptors (Lipinski definition) is 2. The Morgan fingerprint density at radius 2 is 1.82 bits per heavy atom. The monoisotopic (exact) mass is 294 g/mol. The molecule has 0 aliphatic carbocycles. The number of rotatable bonds is 5. The van der Waals surface area contributed by atoms with Crippen molar-refractivity contribution < 1.29 is 4.74 Å². The largest absolute Gasteiger partial charge is 0.487 e. The van der Waals surface area contributed by atoms with E-state index in [-0.39, 0.29) is 6.04 Å². The Kier molecular flexibility index (Phi) is 4.16. The van der Waals surface area contributed by atoms with E-state index >= 15 is 0 Å². The number of ether oxygens (including phenoxy) is 1. The van der Waals surface area contributed by atoms with Crippen molar-refractivity contribution >= 4 is 10.9 Å². The van der Waals surface area contributed by atoms with E-state index in [9.17, 15) is 0 Å². The predicted molar refractivity (Wildman–Crippen MR) is 90.8 cm³/mol. The van der Waals surface area contributed by atoms with Crippen molar-refractivity contribution in [2.75, 3.05) is 0 Å². The third-order valence-electron chi connectivity index (χ3n) is 4.02. The molecule has 3 N–H and O–H groups in total. The summed E-state index contributed by atoms with van der Waals surface area (Å²) >= 11 is 0. The van der Waals surface area contributed by atoms with Gasteiger partial charge in [0.2, 0.25) is 0 Å². The Bertz CT molecular complexity index is 746. The van der Waals surface area contributed by atoms with Crippen LogP contribution in [0.2, 0.25) is 0 Å². The first-order chi connectivity index (χ1) is 10.7. The molecule has 1 atom stereocenters. The SMILES string of the molecule is CC(C)C(N)c1c[nH]c2c(OCc3ccccc3)cccc12. The number of H-pyrrole nitrogens is 1. The molecule has 2 aromatic carbocycles. The molecule has 114 valence electrons. The molecular weight excluding hydrogens is 272 g/mol. The second kappa shape index (κ2) is 6.24. The number of hydrogen-bond donors (Lipinski definition) is 2. The topological polar surface area (TPSA) is 51.0 Å². The van der Waals surface area contributed by atoms with Crippen LogP contribution in [0.4, 0.5) is 0 Å². The highest BCUT2D eigenvalue weighted by molar-refractivity contribution is 5.88. The molecule has 0 spiro atoms. The number of nitrogens with two attached hydrogens (primary N) is 1. The quantitative estimate of drug-likeness (QED) is 0.732. The van der Waals surface area contributed by atoms with Crippen LogP contribution in [0.5, 0.6) is 5.75 Å². The molecule has 0 aliphatic heterocycles. The third kappa shape index (κ3) is 2.85. The molecule has 0 radical (unpaired) electrons. The Labute approximate surface area is 131 Å². The van der Waals surface area contributed by atoms with Gasteiger partial charge in [0.15, 0.2) is 0 Å². The van der Waals surface area contributed by atoms with Crippen LogP contribution in [-0.4, -0.2) is 4.98 Å². The van der Waals surface area contributed by atoms with E-state index in [2.05, 4.69) is 37.0 Å². The van der Waals surface area contributed by atoms with Crippen molar-refractivity contribution in [3.05, 3.63) is 65.9 Å². The van der Waals surface area contributed by atoms with Gasteiger partial charge in [-0.15, -0.1) is 0 Å². The van der Waals surface area contributed by atoms with Gasteiger partial charge in [0.25, 0.3) is 0 Å². The van der Waals surface area contributed by atoms with Crippen molar-refractivity contribution in [3.8, 4) is 5.75 Å². The lowest BCUT2D eigenvalue weighted by Gasteiger charge is -2.15. The van der Waals surface area contributed by atoms with E-state index in [1.807, 2.05) is 36.5 Å². The van der Waals surface area contributed by atoms with Crippen molar-refractivity contribution in [3.63, 3.8) is 0 Å². The minimum absolute atomic E-state index is 0.0260. The number of benzene rings is 2. The summed E-state index contributed by atoms with van der Waals surface area (Å²) in [5.41, 5.74) is 9.63. The van der Waals surface area contributed by atoms with E-state index in [1.54, 1.807) is 0 Å². The molecule has 0 fully saturated rings. The molecule has 0 saturated heterocycles. The molecule has 0 amide bonds. The molecule has 3 aromatic rings. The lowest BCUT2D eigenvalue weighted by Crippen LogP contribution is -2.16. The van der Waals surface area contributed by atoms with E-state index < -0.39 is 0 Å². The molecule has 0 saturated carbocycles. The molecule has 1 aromatic heterocycles. The van der Waals surface area contributed by atoms with Gasteiger partial charge in [0, 0.05) is 17.6 Å². The van der Waals surface area contributed by atoms with Gasteiger partial charge >= 0.3 is 0 Å². The summed E-state index contributed by atoms with van der Waals surface area (Å²) in [5.74, 6) is 1.26. The molecule has 22 heavy (non-hydrogen) atoms. The fourth-order valence-electron chi connectivity index (χ4n) is 2.64. The summed E-state index contributed by atoms with van der Waals surface area (Å²) in [7, 11) is 0. The maximum Gasteiger partial charge on any atom is 0.143 e. The number of nitrogens with one attached hydrogen (secondary N) is 1. The average Bonchev–Trinajstić information content (AvgIpc) is 2.97. The predicted octanol–water partition coefficient (Wildman–Crippen LogP) is 4.40. The zero-order valence-corrected chi connectivity index (χ0v) is 13.0. The zero-order chi connectivity index (χ0) is 15.5. The van der Waals surface area contributed by atoms with Gasteiger partial charge in [-0.2, -0.15) is 0 Å². The summed E-state index contributed by atoms with van der Waals surface area (Å²) < 4.78 is 5.99. The molecular formula is C19H22N2O. The lowest BCUT2D eigenvalue weighted by molar-refractivity contribution is 0.309. The first kappa shape index (κ1) is 14.7. The van der Waals surface area contributed by atoms with Crippen molar-refractivity contribution in [2.45, 2.75) is 26.5 Å². The summed E-state index contributed by atoms with van der Waals surface area (Å²) in [4.78, 5) is 3.32. The molecule has 3 nitrogen and oxygen atoms in total. The van der Waals surface area contributed by atoms with Crippen molar-refractivity contribution in [1.29, 1.82) is 0 Å². The highest BCUT2D eigenvalue weighted by Crippen LogP contribution is 2.32. The van der Waals surface area contributed by atoms with Gasteiger partial charge in [-0.1, -0.05) is 56.3 Å².